The smallest absolute Gasteiger partial charge is 0.143 e. The fourth-order valence-corrected chi connectivity index (χ4v) is 4.77. The Morgan fingerprint density at radius 2 is 1.17 bits per heavy atom. The number of hydrogen-bond acceptors (Lipinski definition) is 2. The Kier molecular flexibility index (Phi) is 3.03. The second-order valence-corrected chi connectivity index (χ2v) is 7.72. The second-order valence-electron chi connectivity index (χ2n) is 7.72. The molecule has 0 aliphatic carbocycles. The third kappa shape index (κ3) is 2.03. The summed E-state index contributed by atoms with van der Waals surface area (Å²) in [5.74, 6) is 1.81. The lowest BCUT2D eigenvalue weighted by Crippen LogP contribution is -1.97. The van der Waals surface area contributed by atoms with Gasteiger partial charge in [-0.25, -0.2) is 0 Å². The maximum atomic E-state index is 6.31. The van der Waals surface area contributed by atoms with Gasteiger partial charge in [0, 0.05) is 27.3 Å². The van der Waals surface area contributed by atoms with Crippen LogP contribution in [0.3, 0.4) is 0 Å². The molecule has 0 atom stereocenters. The highest BCUT2D eigenvalue weighted by Gasteiger charge is 2.22. The van der Waals surface area contributed by atoms with Gasteiger partial charge in [0.05, 0.1) is 0 Å². The maximum absolute atomic E-state index is 6.31. The van der Waals surface area contributed by atoms with Crippen LogP contribution in [0.25, 0.3) is 55.0 Å². The third-order valence-corrected chi connectivity index (χ3v) is 6.09. The zero-order valence-corrected chi connectivity index (χ0v) is 16.1. The van der Waals surface area contributed by atoms with Crippen LogP contribution in [0.4, 0.5) is 0 Å². The summed E-state index contributed by atoms with van der Waals surface area (Å²) in [6.07, 6.45) is 0. The first-order chi connectivity index (χ1) is 14.9. The molecular formula is C28H16O2. The molecule has 7 rings (SSSR count). The monoisotopic (exact) mass is 384 g/mol. The molecule has 2 heterocycles. The van der Waals surface area contributed by atoms with E-state index in [-0.39, 0.29) is 0 Å². The van der Waals surface area contributed by atoms with Crippen molar-refractivity contribution in [3.05, 3.63) is 97.1 Å². The Hall–Kier alpha value is -4.04. The van der Waals surface area contributed by atoms with Crippen LogP contribution in [0.2, 0.25) is 0 Å². The summed E-state index contributed by atoms with van der Waals surface area (Å²) in [6, 6.07) is 33.6. The molecule has 0 saturated heterocycles. The normalized spacial score (nSPS) is 12.3. The van der Waals surface area contributed by atoms with Gasteiger partial charge in [-0.15, -0.1) is 0 Å². The van der Waals surface area contributed by atoms with E-state index >= 15 is 0 Å². The van der Waals surface area contributed by atoms with Gasteiger partial charge in [0.25, 0.3) is 0 Å². The molecule has 0 N–H and O–H groups in total. The molecule has 1 aliphatic heterocycles. The number of benzene rings is 5. The van der Waals surface area contributed by atoms with Crippen molar-refractivity contribution in [1.29, 1.82) is 0 Å². The lowest BCUT2D eigenvalue weighted by atomic mass is 9.90. The van der Waals surface area contributed by atoms with Gasteiger partial charge in [0.15, 0.2) is 0 Å². The summed E-state index contributed by atoms with van der Waals surface area (Å²) >= 11 is 0. The minimum absolute atomic E-state index is 0.903. The molecule has 30 heavy (non-hydrogen) atoms. The van der Waals surface area contributed by atoms with Crippen LogP contribution in [-0.2, 0) is 0 Å². The predicted octanol–water partition coefficient (Wildman–Crippen LogP) is 8.18. The minimum Gasteiger partial charge on any atom is -0.456 e. The van der Waals surface area contributed by atoms with Crippen LogP contribution in [0.1, 0.15) is 0 Å². The molecule has 0 saturated carbocycles. The van der Waals surface area contributed by atoms with E-state index < -0.39 is 0 Å². The second kappa shape index (κ2) is 5.74. The van der Waals surface area contributed by atoms with Gasteiger partial charge in [-0.2, -0.15) is 0 Å². The lowest BCUT2D eigenvalue weighted by Gasteiger charge is -2.22. The lowest BCUT2D eigenvalue weighted by molar-refractivity contribution is 0.487. The molecule has 0 spiro atoms. The molecule has 6 aromatic rings. The molecule has 2 nitrogen and oxygen atoms in total. The van der Waals surface area contributed by atoms with Gasteiger partial charge >= 0.3 is 0 Å². The molecule has 2 heteroatoms. The van der Waals surface area contributed by atoms with Crippen LogP contribution in [0.15, 0.2) is 101 Å². The number of fused-ring (bicyclic) bond motifs is 5. The van der Waals surface area contributed by atoms with E-state index in [0.29, 0.717) is 0 Å². The Morgan fingerprint density at radius 3 is 2.13 bits per heavy atom. The van der Waals surface area contributed by atoms with E-state index in [1.54, 1.807) is 0 Å². The van der Waals surface area contributed by atoms with Crippen molar-refractivity contribution in [2.75, 3.05) is 0 Å². The van der Waals surface area contributed by atoms with Gasteiger partial charge in [0.2, 0.25) is 0 Å². The van der Waals surface area contributed by atoms with Crippen LogP contribution in [-0.4, -0.2) is 0 Å². The van der Waals surface area contributed by atoms with Crippen molar-refractivity contribution < 1.29 is 9.15 Å². The van der Waals surface area contributed by atoms with Crippen molar-refractivity contribution in [2.24, 2.45) is 0 Å². The van der Waals surface area contributed by atoms with E-state index in [2.05, 4.69) is 72.8 Å². The van der Waals surface area contributed by atoms with Gasteiger partial charge in [-0.3, -0.25) is 0 Å². The fourth-order valence-electron chi connectivity index (χ4n) is 4.77. The first-order valence-corrected chi connectivity index (χ1v) is 10.1. The van der Waals surface area contributed by atoms with Gasteiger partial charge < -0.3 is 9.15 Å². The Balaban J connectivity index is 1.58. The molecular weight excluding hydrogens is 368 g/mol. The minimum atomic E-state index is 0.903. The molecule has 0 fully saturated rings. The predicted molar refractivity (Wildman–Crippen MR) is 122 cm³/mol. The van der Waals surface area contributed by atoms with Crippen molar-refractivity contribution in [3.63, 3.8) is 0 Å². The number of hydrogen-bond donors (Lipinski definition) is 0. The van der Waals surface area contributed by atoms with E-state index in [9.17, 15) is 0 Å². The fraction of sp³-hybridized carbons (Fsp3) is 0. The number of furan rings is 1. The van der Waals surface area contributed by atoms with Gasteiger partial charge in [0.1, 0.15) is 22.7 Å². The van der Waals surface area contributed by atoms with E-state index in [0.717, 1.165) is 55.5 Å². The van der Waals surface area contributed by atoms with Crippen molar-refractivity contribution in [2.45, 2.75) is 0 Å². The quantitative estimate of drug-likeness (QED) is 0.285. The van der Waals surface area contributed by atoms with E-state index in [4.69, 9.17) is 9.15 Å². The van der Waals surface area contributed by atoms with Crippen LogP contribution >= 0.6 is 0 Å². The third-order valence-electron chi connectivity index (χ3n) is 6.09. The number of ether oxygens (including phenoxy) is 1. The largest absolute Gasteiger partial charge is 0.456 e. The Bertz CT molecular complexity index is 1620. The average molecular weight is 384 g/mol. The maximum Gasteiger partial charge on any atom is 0.143 e. The molecule has 0 amide bonds. The van der Waals surface area contributed by atoms with Crippen molar-refractivity contribution in [3.8, 4) is 33.8 Å². The molecule has 0 unspecified atom stereocenters. The zero-order valence-electron chi connectivity index (χ0n) is 16.1. The molecule has 1 aromatic heterocycles. The SMILES string of the molecule is c1ccc2c(c1)Oc1ccc(-c3cccc4c3oc3ccccc34)c3cccc-2c13. The molecule has 1 aliphatic rings. The number of rotatable bonds is 1. The highest BCUT2D eigenvalue weighted by Crippen LogP contribution is 2.49. The summed E-state index contributed by atoms with van der Waals surface area (Å²) in [6.45, 7) is 0. The summed E-state index contributed by atoms with van der Waals surface area (Å²) in [7, 11) is 0. The standard InChI is InChI=1S/C28H16O2/c1-3-13-24-18(7-1)21-10-5-9-20-17(15-16-26(29-24)27(20)21)22-11-6-12-23-19-8-2-4-14-25(19)30-28(22)23/h1-16H. The zero-order chi connectivity index (χ0) is 19.7. The van der Waals surface area contributed by atoms with Crippen molar-refractivity contribution in [1.82, 2.24) is 0 Å². The Morgan fingerprint density at radius 1 is 0.433 bits per heavy atom. The number of para-hydroxylation sites is 3. The molecule has 0 bridgehead atoms. The highest BCUT2D eigenvalue weighted by molar-refractivity contribution is 6.15. The van der Waals surface area contributed by atoms with E-state index in [1.165, 1.54) is 10.9 Å². The first-order valence-electron chi connectivity index (χ1n) is 10.1. The molecule has 5 aromatic carbocycles. The summed E-state index contributed by atoms with van der Waals surface area (Å²) in [5, 5.41) is 4.62. The highest BCUT2D eigenvalue weighted by atomic mass is 16.5. The summed E-state index contributed by atoms with van der Waals surface area (Å²) in [4.78, 5) is 0. The topological polar surface area (TPSA) is 22.4 Å². The summed E-state index contributed by atoms with van der Waals surface area (Å²) in [5.41, 5.74) is 6.45. The van der Waals surface area contributed by atoms with Crippen LogP contribution in [0, 0.1) is 0 Å². The van der Waals surface area contributed by atoms with Crippen LogP contribution in [0.5, 0.6) is 11.5 Å². The van der Waals surface area contributed by atoms with E-state index in [1.807, 2.05) is 24.3 Å². The van der Waals surface area contributed by atoms with Crippen molar-refractivity contribution >= 4 is 32.7 Å². The Labute approximate surface area is 172 Å². The van der Waals surface area contributed by atoms with Crippen LogP contribution < -0.4 is 4.74 Å². The molecule has 140 valence electrons. The average Bonchev–Trinajstić information content (AvgIpc) is 3.19. The van der Waals surface area contributed by atoms with Gasteiger partial charge in [-0.05, 0) is 40.8 Å². The van der Waals surface area contributed by atoms with Gasteiger partial charge in [-0.1, -0.05) is 72.8 Å². The molecule has 0 radical (unpaired) electrons. The first kappa shape index (κ1) is 15.8. The summed E-state index contributed by atoms with van der Waals surface area (Å²) < 4.78 is 12.6.